The number of para-hydroxylation sites is 1. The van der Waals surface area contributed by atoms with Gasteiger partial charge >= 0.3 is 0 Å². The first-order valence-corrected chi connectivity index (χ1v) is 14.7. The number of benzene rings is 3. The maximum absolute atomic E-state index is 14.8. The second kappa shape index (κ2) is 10.5. The molecule has 5 rings (SSSR count). The Labute approximate surface area is 229 Å². The number of amides is 2. The first-order valence-electron chi connectivity index (χ1n) is 12.4. The van der Waals surface area contributed by atoms with E-state index in [0.717, 1.165) is 22.2 Å². The minimum Gasteiger partial charge on any atom is -0.339 e. The van der Waals surface area contributed by atoms with E-state index in [0.29, 0.717) is 30.6 Å². The van der Waals surface area contributed by atoms with E-state index in [4.69, 9.17) is 0 Å². The van der Waals surface area contributed by atoms with Gasteiger partial charge in [-0.3, -0.25) is 13.9 Å². The van der Waals surface area contributed by atoms with Crippen LogP contribution in [0.2, 0.25) is 0 Å². The van der Waals surface area contributed by atoms with Crippen LogP contribution in [-0.2, 0) is 21.2 Å². The van der Waals surface area contributed by atoms with E-state index in [2.05, 4.69) is 21.2 Å². The van der Waals surface area contributed by atoms with Crippen LogP contribution in [0.4, 0.5) is 15.8 Å². The van der Waals surface area contributed by atoms with Gasteiger partial charge in [-0.25, -0.2) is 12.8 Å². The largest absolute Gasteiger partial charge is 0.339 e. The average molecular weight is 601 g/mol. The Hall–Kier alpha value is -3.24. The standard InChI is InChI=1S/C28H27BrFN3O4S/c1-18-16-20-4-2-3-5-26(20)33(18)38(36,37)23-10-11-25(30)24(17-23)28(35)32-14-12-19(13-15-32)27(34)31-22-8-6-21(29)7-9-22/h2-11,17-19H,12-16H2,1H3,(H,31,34). The van der Waals surface area contributed by atoms with Crippen molar-refractivity contribution in [3.63, 3.8) is 0 Å². The predicted molar refractivity (Wildman–Crippen MR) is 147 cm³/mol. The summed E-state index contributed by atoms with van der Waals surface area (Å²) in [5, 5.41) is 2.89. The molecule has 2 aliphatic heterocycles. The monoisotopic (exact) mass is 599 g/mol. The lowest BCUT2D eigenvalue weighted by molar-refractivity contribution is -0.121. The maximum atomic E-state index is 14.8. The number of hydrogen-bond donors (Lipinski definition) is 1. The topological polar surface area (TPSA) is 86.8 Å². The Bertz CT molecular complexity index is 1490. The van der Waals surface area contributed by atoms with Crippen molar-refractivity contribution in [2.75, 3.05) is 22.7 Å². The first-order chi connectivity index (χ1) is 18.1. The zero-order valence-corrected chi connectivity index (χ0v) is 23.1. The van der Waals surface area contributed by atoms with Gasteiger partial charge in [0, 0.05) is 35.2 Å². The molecular weight excluding hydrogens is 573 g/mol. The number of carbonyl (C=O) groups excluding carboxylic acids is 2. The van der Waals surface area contributed by atoms with E-state index in [9.17, 15) is 22.4 Å². The van der Waals surface area contributed by atoms with Crippen LogP contribution in [0, 0.1) is 11.7 Å². The van der Waals surface area contributed by atoms with Crippen molar-refractivity contribution in [1.29, 1.82) is 0 Å². The molecule has 1 N–H and O–H groups in total. The van der Waals surface area contributed by atoms with Gasteiger partial charge in [0.05, 0.1) is 16.1 Å². The summed E-state index contributed by atoms with van der Waals surface area (Å²) in [7, 11) is -4.02. The number of carbonyl (C=O) groups is 2. The number of anilines is 2. The van der Waals surface area contributed by atoms with E-state index in [1.165, 1.54) is 15.3 Å². The summed E-state index contributed by atoms with van der Waals surface area (Å²) in [6, 6.07) is 17.6. The predicted octanol–water partition coefficient (Wildman–Crippen LogP) is 5.22. The number of halogens is 2. The van der Waals surface area contributed by atoms with Crippen molar-refractivity contribution < 1.29 is 22.4 Å². The highest BCUT2D eigenvalue weighted by Crippen LogP contribution is 2.37. The molecule has 198 valence electrons. The number of sulfonamides is 1. The highest BCUT2D eigenvalue weighted by molar-refractivity contribution is 9.10. The highest BCUT2D eigenvalue weighted by Gasteiger charge is 2.37. The fourth-order valence-corrected chi connectivity index (χ4v) is 7.12. The zero-order chi connectivity index (χ0) is 27.0. The van der Waals surface area contributed by atoms with Gasteiger partial charge in [-0.05, 0) is 80.3 Å². The SMILES string of the molecule is CC1Cc2ccccc2N1S(=O)(=O)c1ccc(F)c(C(=O)N2CCC(C(=O)Nc3ccc(Br)cc3)CC2)c1. The van der Waals surface area contributed by atoms with Crippen molar-refractivity contribution in [1.82, 2.24) is 4.90 Å². The van der Waals surface area contributed by atoms with Crippen molar-refractivity contribution in [3.05, 3.63) is 88.1 Å². The molecule has 0 aliphatic carbocycles. The van der Waals surface area contributed by atoms with Crippen LogP contribution in [0.15, 0.2) is 76.1 Å². The Balaban J connectivity index is 1.30. The molecule has 0 saturated carbocycles. The molecule has 1 atom stereocenters. The summed E-state index contributed by atoms with van der Waals surface area (Å²) in [5.41, 5.74) is 1.92. The van der Waals surface area contributed by atoms with E-state index in [1.807, 2.05) is 31.2 Å². The molecule has 3 aromatic carbocycles. The fraction of sp³-hybridized carbons (Fsp3) is 0.286. The van der Waals surface area contributed by atoms with E-state index in [1.54, 1.807) is 24.3 Å². The number of nitrogens with zero attached hydrogens (tertiary/aromatic N) is 2. The molecule has 10 heteroatoms. The van der Waals surface area contributed by atoms with Crippen LogP contribution in [0.5, 0.6) is 0 Å². The summed E-state index contributed by atoms with van der Waals surface area (Å²) in [4.78, 5) is 27.3. The van der Waals surface area contributed by atoms with Gasteiger partial charge in [-0.2, -0.15) is 0 Å². The van der Waals surface area contributed by atoms with Gasteiger partial charge in [-0.15, -0.1) is 0 Å². The lowest BCUT2D eigenvalue weighted by atomic mass is 9.95. The van der Waals surface area contributed by atoms with E-state index in [-0.39, 0.29) is 41.4 Å². The fourth-order valence-electron chi connectivity index (χ4n) is 5.14. The lowest BCUT2D eigenvalue weighted by Gasteiger charge is -2.31. The van der Waals surface area contributed by atoms with Crippen LogP contribution in [0.1, 0.15) is 35.7 Å². The Morgan fingerprint density at radius 2 is 1.68 bits per heavy atom. The summed E-state index contributed by atoms with van der Waals surface area (Å²) >= 11 is 3.36. The molecule has 1 unspecified atom stereocenters. The highest BCUT2D eigenvalue weighted by atomic mass is 79.9. The summed E-state index contributed by atoms with van der Waals surface area (Å²) in [6.45, 7) is 2.36. The number of likely N-dealkylation sites (tertiary alicyclic amines) is 1. The number of rotatable bonds is 5. The summed E-state index contributed by atoms with van der Waals surface area (Å²) < 4.78 is 44.2. The van der Waals surface area contributed by atoms with Gasteiger partial charge < -0.3 is 10.2 Å². The van der Waals surface area contributed by atoms with Gasteiger partial charge in [0.1, 0.15) is 5.82 Å². The second-order valence-electron chi connectivity index (χ2n) is 9.69. The third-order valence-corrected chi connectivity index (χ3v) is 9.59. The van der Waals surface area contributed by atoms with Crippen LogP contribution in [0.25, 0.3) is 0 Å². The molecule has 1 fully saturated rings. The molecule has 2 heterocycles. The molecule has 0 aromatic heterocycles. The van der Waals surface area contributed by atoms with E-state index >= 15 is 0 Å². The average Bonchev–Trinajstić information content (AvgIpc) is 3.26. The summed E-state index contributed by atoms with van der Waals surface area (Å²) in [6.07, 6.45) is 1.43. The molecule has 7 nitrogen and oxygen atoms in total. The molecular formula is C28H27BrFN3O4S. The van der Waals surface area contributed by atoms with Crippen molar-refractivity contribution in [2.45, 2.75) is 37.1 Å². The lowest BCUT2D eigenvalue weighted by Crippen LogP contribution is -2.42. The Kier molecular flexibility index (Phi) is 7.28. The molecule has 3 aromatic rings. The smallest absolute Gasteiger partial charge is 0.264 e. The third kappa shape index (κ3) is 5.07. The Morgan fingerprint density at radius 3 is 2.39 bits per heavy atom. The molecule has 0 radical (unpaired) electrons. The normalized spacial score (nSPS) is 17.8. The number of hydrogen-bond acceptors (Lipinski definition) is 4. The van der Waals surface area contributed by atoms with Crippen LogP contribution in [-0.4, -0.2) is 44.3 Å². The second-order valence-corrected chi connectivity index (χ2v) is 12.4. The van der Waals surface area contributed by atoms with Crippen LogP contribution in [0.3, 0.4) is 0 Å². The van der Waals surface area contributed by atoms with Gasteiger partial charge in [-0.1, -0.05) is 34.1 Å². The van der Waals surface area contributed by atoms with E-state index < -0.39 is 21.7 Å². The maximum Gasteiger partial charge on any atom is 0.264 e. The van der Waals surface area contributed by atoms with Crippen LogP contribution >= 0.6 is 15.9 Å². The molecule has 0 bridgehead atoms. The summed E-state index contributed by atoms with van der Waals surface area (Å²) in [5.74, 6) is -1.77. The van der Waals surface area contributed by atoms with Gasteiger partial charge in [0.25, 0.3) is 15.9 Å². The number of nitrogens with one attached hydrogen (secondary N) is 1. The van der Waals surface area contributed by atoms with Crippen molar-refractivity contribution in [3.8, 4) is 0 Å². The molecule has 0 spiro atoms. The third-order valence-electron chi connectivity index (χ3n) is 7.13. The quantitative estimate of drug-likeness (QED) is 0.435. The first kappa shape index (κ1) is 26.4. The minimum atomic E-state index is -4.02. The molecule has 2 aliphatic rings. The number of piperidine rings is 1. The minimum absolute atomic E-state index is 0.126. The molecule has 38 heavy (non-hydrogen) atoms. The number of fused-ring (bicyclic) bond motifs is 1. The van der Waals surface area contributed by atoms with Crippen molar-refractivity contribution >= 4 is 49.1 Å². The molecule has 1 saturated heterocycles. The van der Waals surface area contributed by atoms with Gasteiger partial charge in [0.2, 0.25) is 5.91 Å². The molecule has 2 amide bonds. The van der Waals surface area contributed by atoms with Crippen LogP contribution < -0.4 is 9.62 Å². The Morgan fingerprint density at radius 1 is 1.00 bits per heavy atom. The zero-order valence-electron chi connectivity index (χ0n) is 20.7. The van der Waals surface area contributed by atoms with Gasteiger partial charge in [0.15, 0.2) is 0 Å². The van der Waals surface area contributed by atoms with Crippen molar-refractivity contribution in [2.24, 2.45) is 5.92 Å².